The van der Waals surface area contributed by atoms with Crippen molar-refractivity contribution in [2.24, 2.45) is 5.92 Å². The van der Waals surface area contributed by atoms with Crippen LogP contribution in [-0.2, 0) is 19.0 Å². The number of amides is 1. The lowest BCUT2D eigenvalue weighted by Gasteiger charge is -2.36. The van der Waals surface area contributed by atoms with E-state index in [4.69, 9.17) is 14.2 Å². The van der Waals surface area contributed by atoms with Gasteiger partial charge in [-0.1, -0.05) is 6.07 Å². The van der Waals surface area contributed by atoms with Crippen LogP contribution in [0.5, 0.6) is 0 Å². The molecule has 1 aromatic heterocycles. The quantitative estimate of drug-likeness (QED) is 0.619. The molecular formula is C18H27NO5S. The molecule has 2 heterocycles. The highest BCUT2D eigenvalue weighted by Crippen LogP contribution is 2.40. The van der Waals surface area contributed by atoms with Crippen molar-refractivity contribution >= 4 is 17.2 Å². The van der Waals surface area contributed by atoms with Crippen LogP contribution in [0, 0.1) is 5.92 Å². The van der Waals surface area contributed by atoms with Crippen LogP contribution in [0.1, 0.15) is 30.6 Å². The van der Waals surface area contributed by atoms with Gasteiger partial charge in [0.2, 0.25) is 6.29 Å². The zero-order valence-corrected chi connectivity index (χ0v) is 15.6. The van der Waals surface area contributed by atoms with Gasteiger partial charge < -0.3 is 24.6 Å². The molecule has 0 unspecified atom stereocenters. The molecule has 1 amide bonds. The molecule has 0 spiro atoms. The largest absolute Gasteiger partial charge is 0.459 e. The summed E-state index contributed by atoms with van der Waals surface area (Å²) in [6, 6.07) is 4.06. The van der Waals surface area contributed by atoms with Gasteiger partial charge in [-0.05, 0) is 37.3 Å². The molecule has 0 saturated carbocycles. The summed E-state index contributed by atoms with van der Waals surface area (Å²) < 4.78 is 16.6. The number of allylic oxidation sites excluding steroid dienone is 1. The maximum absolute atomic E-state index is 12.4. The third-order valence-electron chi connectivity index (χ3n) is 4.10. The minimum atomic E-state index is -0.503. The Balaban J connectivity index is 2.23. The predicted molar refractivity (Wildman–Crippen MR) is 96.3 cm³/mol. The van der Waals surface area contributed by atoms with Gasteiger partial charge in [0.1, 0.15) is 0 Å². The minimum Gasteiger partial charge on any atom is -0.459 e. The molecule has 0 aromatic carbocycles. The second kappa shape index (κ2) is 10.6. The van der Waals surface area contributed by atoms with Crippen LogP contribution in [-0.4, -0.2) is 50.8 Å². The van der Waals surface area contributed by atoms with Gasteiger partial charge in [0.25, 0.3) is 5.91 Å². The van der Waals surface area contributed by atoms with E-state index in [1.807, 2.05) is 24.4 Å². The average Bonchev–Trinajstić information content (AvgIpc) is 3.15. The van der Waals surface area contributed by atoms with Gasteiger partial charge in [-0.2, -0.15) is 0 Å². The van der Waals surface area contributed by atoms with Gasteiger partial charge in [0, 0.05) is 43.6 Å². The van der Waals surface area contributed by atoms with E-state index in [9.17, 15) is 9.90 Å². The SMILES string of the molecule is CCO[C@H]1OC(C(=O)NCCOC)=C[C@@H](c2cccs2)[C@H]1CCCO. The molecule has 0 fully saturated rings. The Morgan fingerprint density at radius 2 is 2.32 bits per heavy atom. The lowest BCUT2D eigenvalue weighted by molar-refractivity contribution is -0.166. The summed E-state index contributed by atoms with van der Waals surface area (Å²) in [6.07, 6.45) is 2.81. The molecule has 140 valence electrons. The van der Waals surface area contributed by atoms with Crippen LogP contribution in [0.15, 0.2) is 29.3 Å². The topological polar surface area (TPSA) is 77.0 Å². The van der Waals surface area contributed by atoms with Crippen molar-refractivity contribution in [2.75, 3.05) is 33.5 Å². The molecule has 7 heteroatoms. The number of nitrogens with one attached hydrogen (secondary N) is 1. The number of thiophene rings is 1. The van der Waals surface area contributed by atoms with E-state index in [-0.39, 0.29) is 30.1 Å². The van der Waals surface area contributed by atoms with E-state index < -0.39 is 6.29 Å². The molecule has 1 aliphatic heterocycles. The van der Waals surface area contributed by atoms with Crippen molar-refractivity contribution < 1.29 is 24.1 Å². The first kappa shape index (κ1) is 19.9. The summed E-state index contributed by atoms with van der Waals surface area (Å²) in [5, 5.41) is 14.0. The van der Waals surface area contributed by atoms with E-state index in [0.29, 0.717) is 26.2 Å². The number of methoxy groups -OCH3 is 1. The summed E-state index contributed by atoms with van der Waals surface area (Å²) in [6.45, 7) is 3.40. The van der Waals surface area contributed by atoms with Gasteiger partial charge in [-0.15, -0.1) is 11.3 Å². The van der Waals surface area contributed by atoms with E-state index in [2.05, 4.69) is 11.4 Å². The third-order valence-corrected chi connectivity index (χ3v) is 5.07. The number of carbonyl (C=O) groups is 1. The van der Waals surface area contributed by atoms with Gasteiger partial charge in [-0.25, -0.2) is 0 Å². The van der Waals surface area contributed by atoms with Crippen molar-refractivity contribution in [2.45, 2.75) is 32.0 Å². The van der Waals surface area contributed by atoms with E-state index in [1.165, 1.54) is 0 Å². The molecule has 1 aromatic rings. The Kier molecular flexibility index (Phi) is 8.40. The summed E-state index contributed by atoms with van der Waals surface area (Å²) in [5.41, 5.74) is 0. The average molecular weight is 369 g/mol. The summed E-state index contributed by atoms with van der Waals surface area (Å²) in [7, 11) is 1.59. The molecular weight excluding hydrogens is 342 g/mol. The number of hydrogen-bond acceptors (Lipinski definition) is 6. The van der Waals surface area contributed by atoms with E-state index in [0.717, 1.165) is 11.3 Å². The molecule has 2 N–H and O–H groups in total. The number of rotatable bonds is 10. The highest BCUT2D eigenvalue weighted by atomic mass is 32.1. The van der Waals surface area contributed by atoms with E-state index in [1.54, 1.807) is 18.4 Å². The van der Waals surface area contributed by atoms with Gasteiger partial charge in [0.05, 0.1) is 6.61 Å². The van der Waals surface area contributed by atoms with Gasteiger partial charge in [-0.3, -0.25) is 4.79 Å². The normalized spacial score (nSPS) is 23.0. The lowest BCUT2D eigenvalue weighted by atomic mass is 9.84. The Hall–Kier alpha value is -1.41. The minimum absolute atomic E-state index is 0.0278. The first-order valence-corrected chi connectivity index (χ1v) is 9.50. The van der Waals surface area contributed by atoms with Crippen molar-refractivity contribution in [1.82, 2.24) is 5.32 Å². The van der Waals surface area contributed by atoms with Gasteiger partial charge in [0.15, 0.2) is 5.76 Å². The molecule has 0 bridgehead atoms. The summed E-state index contributed by atoms with van der Waals surface area (Å²) in [5.74, 6) is 0.110. The van der Waals surface area contributed by atoms with Crippen LogP contribution < -0.4 is 5.32 Å². The highest BCUT2D eigenvalue weighted by molar-refractivity contribution is 7.10. The Labute approximate surface area is 152 Å². The summed E-state index contributed by atoms with van der Waals surface area (Å²) in [4.78, 5) is 13.6. The maximum Gasteiger partial charge on any atom is 0.286 e. The fourth-order valence-electron chi connectivity index (χ4n) is 2.93. The van der Waals surface area contributed by atoms with Crippen molar-refractivity contribution in [3.8, 4) is 0 Å². The fourth-order valence-corrected chi connectivity index (χ4v) is 3.80. The van der Waals surface area contributed by atoms with Crippen LogP contribution in [0.4, 0.5) is 0 Å². The molecule has 3 atom stereocenters. The second-order valence-corrected chi connectivity index (χ2v) is 6.77. The molecule has 0 radical (unpaired) electrons. The molecule has 0 aliphatic carbocycles. The van der Waals surface area contributed by atoms with Crippen LogP contribution in [0.3, 0.4) is 0 Å². The monoisotopic (exact) mass is 369 g/mol. The van der Waals surface area contributed by atoms with Crippen LogP contribution in [0.25, 0.3) is 0 Å². The first-order chi connectivity index (χ1) is 12.2. The zero-order valence-electron chi connectivity index (χ0n) is 14.8. The molecule has 25 heavy (non-hydrogen) atoms. The van der Waals surface area contributed by atoms with Crippen molar-refractivity contribution in [3.63, 3.8) is 0 Å². The van der Waals surface area contributed by atoms with Crippen LogP contribution in [0.2, 0.25) is 0 Å². The number of carbonyl (C=O) groups excluding carboxylic acids is 1. The fraction of sp³-hybridized carbons (Fsp3) is 0.611. The third kappa shape index (κ3) is 5.54. The standard InChI is InChI=1S/C18H27NO5S/c1-3-23-18-13(6-4-9-20)14(16-7-5-11-25-16)12-15(24-18)17(21)19-8-10-22-2/h5,7,11-14,18,20H,3-4,6,8-10H2,1-2H3,(H,19,21)/t13-,14-,18+/m1/s1. The Morgan fingerprint density at radius 3 is 2.96 bits per heavy atom. The summed E-state index contributed by atoms with van der Waals surface area (Å²) >= 11 is 1.65. The van der Waals surface area contributed by atoms with E-state index >= 15 is 0 Å². The molecule has 0 saturated heterocycles. The number of aliphatic hydroxyl groups excluding tert-OH is 1. The smallest absolute Gasteiger partial charge is 0.286 e. The molecule has 6 nitrogen and oxygen atoms in total. The Bertz CT molecular complexity index is 546. The molecule has 1 aliphatic rings. The van der Waals surface area contributed by atoms with Crippen molar-refractivity contribution in [1.29, 1.82) is 0 Å². The lowest BCUT2D eigenvalue weighted by Crippen LogP contribution is -2.39. The molecule has 2 rings (SSSR count). The van der Waals surface area contributed by atoms with Gasteiger partial charge >= 0.3 is 0 Å². The van der Waals surface area contributed by atoms with Crippen LogP contribution >= 0.6 is 11.3 Å². The maximum atomic E-state index is 12.4. The van der Waals surface area contributed by atoms with Crippen molar-refractivity contribution in [3.05, 3.63) is 34.2 Å². The number of aliphatic hydroxyl groups is 1. The zero-order chi connectivity index (χ0) is 18.1. The number of ether oxygens (including phenoxy) is 3. The predicted octanol–water partition coefficient (Wildman–Crippen LogP) is 2.26. The second-order valence-electron chi connectivity index (χ2n) is 5.79. The first-order valence-electron chi connectivity index (χ1n) is 8.62. The Morgan fingerprint density at radius 1 is 1.48 bits per heavy atom. The number of hydrogen-bond donors (Lipinski definition) is 2. The highest BCUT2D eigenvalue weighted by Gasteiger charge is 2.38.